The highest BCUT2D eigenvalue weighted by molar-refractivity contribution is 9.10. The first-order valence-corrected chi connectivity index (χ1v) is 7.36. The van der Waals surface area contributed by atoms with Gasteiger partial charge in [0.1, 0.15) is 5.82 Å². The number of hydrogen-bond acceptors (Lipinski definition) is 2. The Morgan fingerprint density at radius 3 is 2.60 bits per heavy atom. The van der Waals surface area contributed by atoms with Crippen molar-refractivity contribution in [2.24, 2.45) is 0 Å². The van der Waals surface area contributed by atoms with E-state index in [-0.39, 0.29) is 0 Å². The number of fused-ring (bicyclic) bond motifs is 1. The van der Waals surface area contributed by atoms with Gasteiger partial charge in [-0.15, -0.1) is 0 Å². The third-order valence-corrected chi connectivity index (χ3v) is 4.02. The Bertz CT molecular complexity index is 736. The first-order valence-electron chi connectivity index (χ1n) is 6.57. The molecule has 2 nitrogen and oxygen atoms in total. The molecule has 0 spiro atoms. The van der Waals surface area contributed by atoms with Crippen LogP contribution in [0.3, 0.4) is 0 Å². The molecule has 100 valence electrons. The topological polar surface area (TPSA) is 24.9 Å². The van der Waals surface area contributed by atoms with E-state index in [4.69, 9.17) is 0 Å². The van der Waals surface area contributed by atoms with Gasteiger partial charge in [-0.1, -0.05) is 57.9 Å². The van der Waals surface area contributed by atoms with Crippen molar-refractivity contribution < 1.29 is 0 Å². The summed E-state index contributed by atoms with van der Waals surface area (Å²) in [5, 5.41) is 5.73. The number of anilines is 1. The molecule has 0 saturated carbocycles. The molecule has 20 heavy (non-hydrogen) atoms. The molecule has 0 bridgehead atoms. The Hall–Kier alpha value is -1.87. The van der Waals surface area contributed by atoms with Gasteiger partial charge in [0.2, 0.25) is 0 Å². The summed E-state index contributed by atoms with van der Waals surface area (Å²) in [6, 6.07) is 16.7. The Morgan fingerprint density at radius 2 is 1.80 bits per heavy atom. The number of aryl methyl sites for hydroxylation is 1. The van der Waals surface area contributed by atoms with Crippen LogP contribution in [0.2, 0.25) is 0 Å². The summed E-state index contributed by atoms with van der Waals surface area (Å²) >= 11 is 3.58. The average Bonchev–Trinajstić information content (AvgIpc) is 2.47. The quantitative estimate of drug-likeness (QED) is 0.739. The van der Waals surface area contributed by atoms with Crippen molar-refractivity contribution in [3.63, 3.8) is 0 Å². The summed E-state index contributed by atoms with van der Waals surface area (Å²) in [6.45, 7) is 2.87. The summed E-state index contributed by atoms with van der Waals surface area (Å²) < 4.78 is 1.09. The van der Waals surface area contributed by atoms with Crippen molar-refractivity contribution in [1.82, 2.24) is 4.98 Å². The molecule has 0 fully saturated rings. The molecule has 0 aliphatic carbocycles. The number of nitrogens with zero attached hydrogens (tertiary/aromatic N) is 1. The summed E-state index contributed by atoms with van der Waals surface area (Å²) in [6.07, 6.45) is 1.84. The molecule has 0 aliphatic heterocycles. The Morgan fingerprint density at radius 1 is 1.00 bits per heavy atom. The van der Waals surface area contributed by atoms with Gasteiger partial charge in [0.15, 0.2) is 0 Å². The van der Waals surface area contributed by atoms with Crippen LogP contribution in [-0.4, -0.2) is 4.98 Å². The fraction of sp³-hybridized carbons (Fsp3) is 0.118. The summed E-state index contributed by atoms with van der Waals surface area (Å²) in [5.41, 5.74) is 2.53. The molecule has 3 aromatic rings. The zero-order valence-corrected chi connectivity index (χ0v) is 12.8. The number of rotatable bonds is 3. The maximum absolute atomic E-state index is 4.45. The molecule has 1 N–H and O–H groups in total. The van der Waals surface area contributed by atoms with Gasteiger partial charge in [-0.25, -0.2) is 4.98 Å². The molecule has 1 aromatic heterocycles. The van der Waals surface area contributed by atoms with Gasteiger partial charge >= 0.3 is 0 Å². The van der Waals surface area contributed by atoms with E-state index >= 15 is 0 Å². The second-order valence-electron chi connectivity index (χ2n) is 4.83. The Kier molecular flexibility index (Phi) is 3.70. The van der Waals surface area contributed by atoms with E-state index in [1.54, 1.807) is 0 Å². The first kappa shape index (κ1) is 13.1. The molecule has 1 heterocycles. The summed E-state index contributed by atoms with van der Waals surface area (Å²) in [4.78, 5) is 4.45. The number of nitrogens with one attached hydrogen (secondary N) is 1. The van der Waals surface area contributed by atoms with Gasteiger partial charge in [0.25, 0.3) is 0 Å². The molecule has 0 aliphatic rings. The fourth-order valence-electron chi connectivity index (χ4n) is 2.20. The van der Waals surface area contributed by atoms with E-state index in [0.717, 1.165) is 22.2 Å². The minimum absolute atomic E-state index is 0.777. The second kappa shape index (κ2) is 5.63. The number of pyridine rings is 1. The molecule has 0 radical (unpaired) electrons. The monoisotopic (exact) mass is 326 g/mol. The van der Waals surface area contributed by atoms with E-state index in [2.05, 4.69) is 63.5 Å². The molecule has 2 aromatic carbocycles. The lowest BCUT2D eigenvalue weighted by Gasteiger charge is -2.09. The molecule has 0 saturated heterocycles. The highest BCUT2D eigenvalue weighted by Crippen LogP contribution is 2.27. The van der Waals surface area contributed by atoms with E-state index in [0.29, 0.717) is 0 Å². The molecular weight excluding hydrogens is 312 g/mol. The van der Waals surface area contributed by atoms with Crippen molar-refractivity contribution in [1.29, 1.82) is 0 Å². The maximum Gasteiger partial charge on any atom is 0.134 e. The number of aromatic nitrogens is 1. The molecule has 0 amide bonds. The Labute approximate surface area is 127 Å². The maximum atomic E-state index is 4.45. The molecule has 3 rings (SSSR count). The minimum atomic E-state index is 0.777. The van der Waals surface area contributed by atoms with Gasteiger partial charge in [-0.3, -0.25) is 0 Å². The van der Waals surface area contributed by atoms with Crippen LogP contribution in [0.15, 0.2) is 59.2 Å². The lowest BCUT2D eigenvalue weighted by atomic mass is 10.1. The van der Waals surface area contributed by atoms with Crippen LogP contribution < -0.4 is 5.32 Å². The number of benzene rings is 2. The van der Waals surface area contributed by atoms with E-state index in [9.17, 15) is 0 Å². The predicted molar refractivity (Wildman–Crippen MR) is 87.9 cm³/mol. The van der Waals surface area contributed by atoms with Gasteiger partial charge in [-0.2, -0.15) is 0 Å². The Balaban J connectivity index is 1.88. The van der Waals surface area contributed by atoms with Crippen molar-refractivity contribution in [3.8, 4) is 0 Å². The van der Waals surface area contributed by atoms with Crippen LogP contribution in [0, 0.1) is 6.92 Å². The zero-order valence-electron chi connectivity index (χ0n) is 11.2. The van der Waals surface area contributed by atoms with Gasteiger partial charge in [0.05, 0.1) is 0 Å². The predicted octanol–water partition coefficient (Wildman–Crippen LogP) is 4.92. The van der Waals surface area contributed by atoms with Crippen molar-refractivity contribution >= 4 is 32.5 Å². The van der Waals surface area contributed by atoms with Crippen LogP contribution >= 0.6 is 15.9 Å². The van der Waals surface area contributed by atoms with Crippen LogP contribution in [0.25, 0.3) is 10.8 Å². The zero-order chi connectivity index (χ0) is 13.9. The highest BCUT2D eigenvalue weighted by atomic mass is 79.9. The lowest BCUT2D eigenvalue weighted by Crippen LogP contribution is -2.01. The van der Waals surface area contributed by atoms with E-state index < -0.39 is 0 Å². The van der Waals surface area contributed by atoms with Crippen LogP contribution in [-0.2, 0) is 6.54 Å². The van der Waals surface area contributed by atoms with Gasteiger partial charge in [-0.05, 0) is 24.6 Å². The van der Waals surface area contributed by atoms with Crippen LogP contribution in [0.4, 0.5) is 5.82 Å². The lowest BCUT2D eigenvalue weighted by molar-refractivity contribution is 1.12. The van der Waals surface area contributed by atoms with E-state index in [1.165, 1.54) is 16.5 Å². The van der Waals surface area contributed by atoms with Gasteiger partial charge < -0.3 is 5.32 Å². The van der Waals surface area contributed by atoms with E-state index in [1.807, 2.05) is 24.4 Å². The minimum Gasteiger partial charge on any atom is -0.365 e. The standard InChI is InChI=1S/C17H15BrN2/c1-12-5-7-13(8-6-12)11-20-17-15-3-2-4-16(18)14(15)9-10-19-17/h2-10H,11H2,1H3,(H,19,20). The summed E-state index contributed by atoms with van der Waals surface area (Å²) in [7, 11) is 0. The van der Waals surface area contributed by atoms with Crippen molar-refractivity contribution in [2.75, 3.05) is 5.32 Å². The average molecular weight is 327 g/mol. The van der Waals surface area contributed by atoms with Crippen molar-refractivity contribution in [3.05, 3.63) is 70.3 Å². The fourth-order valence-corrected chi connectivity index (χ4v) is 2.70. The second-order valence-corrected chi connectivity index (χ2v) is 5.69. The molecule has 0 unspecified atom stereocenters. The summed E-state index contributed by atoms with van der Waals surface area (Å²) in [5.74, 6) is 0.921. The molecular formula is C17H15BrN2. The van der Waals surface area contributed by atoms with Gasteiger partial charge in [0, 0.05) is 28.0 Å². The van der Waals surface area contributed by atoms with Crippen LogP contribution in [0.5, 0.6) is 0 Å². The first-order chi connectivity index (χ1) is 9.74. The molecule has 3 heteroatoms. The normalized spacial score (nSPS) is 10.7. The van der Waals surface area contributed by atoms with Crippen molar-refractivity contribution in [2.45, 2.75) is 13.5 Å². The SMILES string of the molecule is Cc1ccc(CNc2nccc3c(Br)cccc23)cc1. The molecule has 0 atom stereocenters. The van der Waals surface area contributed by atoms with Crippen LogP contribution in [0.1, 0.15) is 11.1 Å². The number of halogens is 1. The third kappa shape index (κ3) is 2.68. The smallest absolute Gasteiger partial charge is 0.134 e. The largest absolute Gasteiger partial charge is 0.365 e. The highest BCUT2D eigenvalue weighted by Gasteiger charge is 2.04. The number of hydrogen-bond donors (Lipinski definition) is 1. The third-order valence-electron chi connectivity index (χ3n) is 3.33.